The highest BCUT2D eigenvalue weighted by Crippen LogP contribution is 2.16. The second-order valence-electron chi connectivity index (χ2n) is 2.17. The van der Waals surface area contributed by atoms with Gasteiger partial charge in [-0.2, -0.15) is 0 Å². The summed E-state index contributed by atoms with van der Waals surface area (Å²) >= 11 is 5.41. The molecule has 0 rings (SSSR count). The molecule has 3 heteroatoms. The van der Waals surface area contributed by atoms with Crippen molar-refractivity contribution in [2.24, 2.45) is 5.92 Å². The van der Waals surface area contributed by atoms with Gasteiger partial charge in [-0.1, -0.05) is 6.08 Å². The first kappa shape index (κ1) is 9.89. The van der Waals surface area contributed by atoms with Crippen LogP contribution in [0.3, 0.4) is 0 Å². The van der Waals surface area contributed by atoms with Crippen molar-refractivity contribution in [3.8, 4) is 0 Å². The average Bonchev–Trinajstić information content (AvgIpc) is 1.86. The Kier molecular flexibility index (Phi) is 5.60. The summed E-state index contributed by atoms with van der Waals surface area (Å²) in [6.07, 6.45) is -0.164. The molecule has 0 aromatic heterocycles. The first-order valence-electron chi connectivity index (χ1n) is 3.15. The first-order chi connectivity index (χ1) is 4.70. The molecule has 1 atom stereocenters. The molecule has 0 saturated carbocycles. The van der Waals surface area contributed by atoms with Crippen molar-refractivity contribution in [1.82, 2.24) is 0 Å². The van der Waals surface area contributed by atoms with Crippen LogP contribution in [-0.4, -0.2) is 12.3 Å². The molecule has 0 radical (unpaired) electrons. The van der Waals surface area contributed by atoms with Gasteiger partial charge >= 0.3 is 0 Å². The lowest BCUT2D eigenvalue weighted by atomic mass is 10.0. The molecule has 0 bridgehead atoms. The fourth-order valence-corrected chi connectivity index (χ4v) is 0.962. The topological polar surface area (TPSA) is 0 Å². The molecule has 0 N–H and O–H groups in total. The second-order valence-corrected chi connectivity index (χ2v) is 2.48. The van der Waals surface area contributed by atoms with Crippen molar-refractivity contribution in [2.75, 3.05) is 5.88 Å². The third kappa shape index (κ3) is 4.74. The molecule has 0 aliphatic rings. The van der Waals surface area contributed by atoms with Crippen LogP contribution in [0, 0.1) is 5.92 Å². The fourth-order valence-electron chi connectivity index (χ4n) is 0.710. The molecule has 0 amide bonds. The van der Waals surface area contributed by atoms with Crippen LogP contribution in [-0.2, 0) is 0 Å². The molecule has 0 heterocycles. The molecule has 60 valence electrons. The van der Waals surface area contributed by atoms with Crippen LogP contribution >= 0.6 is 11.6 Å². The summed E-state index contributed by atoms with van der Waals surface area (Å²) in [4.78, 5) is 0. The van der Waals surface area contributed by atoms with Gasteiger partial charge in [-0.25, -0.2) is 8.78 Å². The molecule has 0 fully saturated rings. The predicted molar refractivity (Wildman–Crippen MR) is 39.6 cm³/mol. The van der Waals surface area contributed by atoms with E-state index in [4.69, 9.17) is 11.6 Å². The van der Waals surface area contributed by atoms with E-state index in [1.165, 1.54) is 0 Å². The summed E-state index contributed by atoms with van der Waals surface area (Å²) in [5, 5.41) is 0. The van der Waals surface area contributed by atoms with E-state index in [1.54, 1.807) is 6.08 Å². The van der Waals surface area contributed by atoms with Gasteiger partial charge in [0.1, 0.15) is 0 Å². The van der Waals surface area contributed by atoms with Gasteiger partial charge in [-0.05, 0) is 12.3 Å². The third-order valence-electron chi connectivity index (χ3n) is 1.23. The number of alkyl halides is 3. The Balaban J connectivity index is 3.48. The van der Waals surface area contributed by atoms with E-state index in [0.717, 1.165) is 0 Å². The van der Waals surface area contributed by atoms with Crippen molar-refractivity contribution in [1.29, 1.82) is 0 Å². The van der Waals surface area contributed by atoms with Gasteiger partial charge in [-0.3, -0.25) is 0 Å². The van der Waals surface area contributed by atoms with Crippen LogP contribution in [0.1, 0.15) is 12.8 Å². The Morgan fingerprint density at radius 3 is 2.40 bits per heavy atom. The zero-order chi connectivity index (χ0) is 7.98. The highest BCUT2D eigenvalue weighted by Gasteiger charge is 2.11. The van der Waals surface area contributed by atoms with E-state index in [9.17, 15) is 8.78 Å². The Morgan fingerprint density at radius 2 is 2.10 bits per heavy atom. The number of hydrogen-bond acceptors (Lipinski definition) is 0. The number of halogens is 3. The smallest absolute Gasteiger partial charge is 0.211 e. The molecule has 1 unspecified atom stereocenters. The van der Waals surface area contributed by atoms with Crippen LogP contribution < -0.4 is 0 Å². The summed E-state index contributed by atoms with van der Waals surface area (Å²) in [6, 6.07) is 0. The fraction of sp³-hybridized carbons (Fsp3) is 0.714. The summed E-state index contributed by atoms with van der Waals surface area (Å²) in [6.45, 7) is 3.45. The largest absolute Gasteiger partial charge is 0.239 e. The average molecular weight is 169 g/mol. The van der Waals surface area contributed by atoms with E-state index in [1.807, 2.05) is 0 Å². The van der Waals surface area contributed by atoms with E-state index in [0.29, 0.717) is 6.42 Å². The quantitative estimate of drug-likeness (QED) is 0.437. The zero-order valence-electron chi connectivity index (χ0n) is 5.69. The zero-order valence-corrected chi connectivity index (χ0v) is 6.45. The van der Waals surface area contributed by atoms with Gasteiger partial charge in [0.05, 0.1) is 0 Å². The molecular weight excluding hydrogens is 158 g/mol. The van der Waals surface area contributed by atoms with Gasteiger partial charge in [0.15, 0.2) is 0 Å². The van der Waals surface area contributed by atoms with E-state index in [2.05, 4.69) is 6.58 Å². The lowest BCUT2D eigenvalue weighted by Gasteiger charge is -2.08. The Morgan fingerprint density at radius 1 is 1.50 bits per heavy atom. The summed E-state index contributed by atoms with van der Waals surface area (Å²) in [5.41, 5.74) is 0. The van der Waals surface area contributed by atoms with Crippen molar-refractivity contribution in [2.45, 2.75) is 19.3 Å². The van der Waals surface area contributed by atoms with Crippen molar-refractivity contribution < 1.29 is 8.78 Å². The van der Waals surface area contributed by atoms with Crippen molar-refractivity contribution in [3.63, 3.8) is 0 Å². The van der Waals surface area contributed by atoms with Gasteiger partial charge in [0.2, 0.25) is 6.43 Å². The lowest BCUT2D eigenvalue weighted by Crippen LogP contribution is -2.06. The Labute approximate surface area is 64.9 Å². The summed E-state index contributed by atoms with van der Waals surface area (Å²) in [5.74, 6) is 0.176. The number of rotatable bonds is 5. The van der Waals surface area contributed by atoms with Crippen molar-refractivity contribution in [3.05, 3.63) is 12.7 Å². The minimum absolute atomic E-state index is 0.112. The molecule has 10 heavy (non-hydrogen) atoms. The van der Waals surface area contributed by atoms with Crippen LogP contribution in [0.15, 0.2) is 12.7 Å². The molecular formula is C7H11ClF2. The standard InChI is InChI=1S/C7H11ClF2/c1-2-3-6(5-8)4-7(9)10/h2,6-7H,1,3-5H2. The summed E-state index contributed by atoms with van der Waals surface area (Å²) < 4.78 is 23.4. The molecule has 0 nitrogen and oxygen atoms in total. The number of hydrogen-bond donors (Lipinski definition) is 0. The highest BCUT2D eigenvalue weighted by atomic mass is 35.5. The van der Waals surface area contributed by atoms with Gasteiger partial charge in [0.25, 0.3) is 0 Å². The van der Waals surface area contributed by atoms with Gasteiger partial charge in [-0.15, -0.1) is 18.2 Å². The van der Waals surface area contributed by atoms with Crippen LogP contribution in [0.5, 0.6) is 0 Å². The van der Waals surface area contributed by atoms with Crippen molar-refractivity contribution >= 4 is 11.6 Å². The summed E-state index contributed by atoms with van der Waals surface area (Å²) in [7, 11) is 0. The SMILES string of the molecule is C=CCC(CCl)CC(F)F. The van der Waals surface area contributed by atoms with Gasteiger partial charge < -0.3 is 0 Å². The normalized spacial score (nSPS) is 13.6. The first-order valence-corrected chi connectivity index (χ1v) is 3.69. The minimum Gasteiger partial charge on any atom is -0.211 e. The molecule has 0 saturated heterocycles. The van der Waals surface area contributed by atoms with Crippen LogP contribution in [0.4, 0.5) is 8.78 Å². The Hall–Kier alpha value is -0.110. The maximum atomic E-state index is 11.7. The molecule has 0 aromatic carbocycles. The monoisotopic (exact) mass is 168 g/mol. The molecule has 0 aliphatic carbocycles. The molecule has 0 spiro atoms. The maximum Gasteiger partial charge on any atom is 0.239 e. The van der Waals surface area contributed by atoms with Crippen LogP contribution in [0.2, 0.25) is 0 Å². The molecule has 0 aliphatic heterocycles. The van der Waals surface area contributed by atoms with E-state index >= 15 is 0 Å². The van der Waals surface area contributed by atoms with Crippen LogP contribution in [0.25, 0.3) is 0 Å². The third-order valence-corrected chi connectivity index (χ3v) is 1.67. The molecule has 0 aromatic rings. The maximum absolute atomic E-state index is 11.7. The lowest BCUT2D eigenvalue weighted by molar-refractivity contribution is 0.119. The number of allylic oxidation sites excluding steroid dienone is 1. The van der Waals surface area contributed by atoms with Gasteiger partial charge in [0, 0.05) is 12.3 Å². The van der Waals surface area contributed by atoms with E-state index < -0.39 is 6.43 Å². The minimum atomic E-state index is -2.25. The second kappa shape index (κ2) is 5.66. The Bertz CT molecular complexity index is 93.6. The predicted octanol–water partition coefficient (Wildman–Crippen LogP) is 3.07. The highest BCUT2D eigenvalue weighted by molar-refractivity contribution is 6.18. The van der Waals surface area contributed by atoms with E-state index in [-0.39, 0.29) is 18.2 Å².